The van der Waals surface area contributed by atoms with Gasteiger partial charge in [-0.2, -0.15) is 9.29 Å². The molecule has 12 nitrogen and oxygen atoms in total. The van der Waals surface area contributed by atoms with E-state index in [1.807, 2.05) is 55.6 Å². The Morgan fingerprint density at radius 3 is 2.64 bits per heavy atom. The summed E-state index contributed by atoms with van der Waals surface area (Å²) >= 11 is 0. The number of sulfonamides is 1. The van der Waals surface area contributed by atoms with Gasteiger partial charge in [0.15, 0.2) is 5.65 Å². The van der Waals surface area contributed by atoms with Crippen LogP contribution in [-0.4, -0.2) is 75.9 Å². The molecule has 4 heterocycles. The zero-order valence-electron chi connectivity index (χ0n) is 25.8. The highest BCUT2D eigenvalue weighted by molar-refractivity contribution is 7.89. The Balaban J connectivity index is 1.33. The Bertz CT molecular complexity index is 1870. The maximum atomic E-state index is 14.1. The number of hydrogen-bond acceptors (Lipinski definition) is 9. The van der Waals surface area contributed by atoms with Crippen LogP contribution in [-0.2, 0) is 26.1 Å². The molecule has 13 heteroatoms. The van der Waals surface area contributed by atoms with Crippen LogP contribution in [0.25, 0.3) is 5.65 Å². The molecule has 0 amide bonds. The predicted molar refractivity (Wildman–Crippen MR) is 164 cm³/mol. The molecule has 6 rings (SSSR count). The first kappa shape index (κ1) is 30.9. The minimum absolute atomic E-state index is 0.000561. The number of aromatic nitrogens is 4. The normalized spacial score (nSPS) is 17.4. The summed E-state index contributed by atoms with van der Waals surface area (Å²) in [5.74, 6) is -0.318. The average molecular weight is 636 g/mol. The lowest BCUT2D eigenvalue weighted by molar-refractivity contribution is -0.137. The molecular weight excluding hydrogens is 598 g/mol. The molecule has 1 aromatic carbocycles. The van der Waals surface area contributed by atoms with Crippen LogP contribution in [0.5, 0.6) is 11.8 Å². The van der Waals surface area contributed by atoms with Gasteiger partial charge in [-0.15, -0.1) is 10.2 Å². The largest absolute Gasteiger partial charge is 0.481 e. The molecule has 1 fully saturated rings. The number of benzene rings is 1. The third-order valence-electron chi connectivity index (χ3n) is 8.66. The van der Waals surface area contributed by atoms with Gasteiger partial charge >= 0.3 is 5.97 Å². The summed E-state index contributed by atoms with van der Waals surface area (Å²) < 4.78 is 48.5. The molecule has 1 aliphatic carbocycles. The Morgan fingerprint density at radius 2 is 1.91 bits per heavy atom. The highest BCUT2D eigenvalue weighted by atomic mass is 32.2. The first-order valence-corrected chi connectivity index (χ1v) is 16.4. The summed E-state index contributed by atoms with van der Waals surface area (Å²) in [4.78, 5) is 16.5. The van der Waals surface area contributed by atoms with Crippen LogP contribution in [0.1, 0.15) is 65.2 Å². The van der Waals surface area contributed by atoms with Crippen LogP contribution in [0, 0.1) is 20.8 Å². The Morgan fingerprint density at radius 1 is 1.11 bits per heavy atom. The predicted octanol–water partition coefficient (Wildman–Crippen LogP) is 4.19. The second kappa shape index (κ2) is 12.0. The van der Waals surface area contributed by atoms with Crippen molar-refractivity contribution in [1.29, 1.82) is 0 Å². The standard InChI is InChI=1S/C32H37N5O7S/c1-20-6-7-23(26(17-29(38)39)25-10-13-37-22(3)34-35-30(37)21(25)2)16-24(20)18-36-19-32(11-12-32)44-31-27(45(36,40)41)8-9-28(33-31)43-15-5-14-42-4/h6-10,13,16,26H,5,11-12,14-15,17-19H2,1-4H3,(H,38,39)/t26-/m0/s1. The topological polar surface area (TPSA) is 145 Å². The number of pyridine rings is 2. The number of carboxylic acid groups (broad SMARTS) is 1. The summed E-state index contributed by atoms with van der Waals surface area (Å²) in [6.45, 7) is 6.92. The molecule has 238 valence electrons. The molecule has 1 saturated carbocycles. The number of methoxy groups -OCH3 is 1. The number of carboxylic acids is 1. The van der Waals surface area contributed by atoms with Gasteiger partial charge in [0, 0.05) is 44.9 Å². The van der Waals surface area contributed by atoms with Crippen LogP contribution < -0.4 is 9.47 Å². The van der Waals surface area contributed by atoms with E-state index in [-0.39, 0.29) is 30.3 Å². The monoisotopic (exact) mass is 635 g/mol. The Hall–Kier alpha value is -4.07. The van der Waals surface area contributed by atoms with Crippen molar-refractivity contribution in [3.8, 4) is 11.8 Å². The van der Waals surface area contributed by atoms with Gasteiger partial charge in [-0.25, -0.2) is 8.42 Å². The number of carbonyl (C=O) groups is 1. The third kappa shape index (κ3) is 6.11. The molecule has 45 heavy (non-hydrogen) atoms. The van der Waals surface area contributed by atoms with Gasteiger partial charge in [0.25, 0.3) is 0 Å². The van der Waals surface area contributed by atoms with E-state index in [2.05, 4.69) is 15.2 Å². The minimum Gasteiger partial charge on any atom is -0.481 e. The Kier molecular flexibility index (Phi) is 8.27. The number of fused-ring (bicyclic) bond motifs is 2. The zero-order valence-corrected chi connectivity index (χ0v) is 26.6. The van der Waals surface area contributed by atoms with Gasteiger partial charge in [-0.05, 0) is 73.6 Å². The fourth-order valence-electron chi connectivity index (χ4n) is 5.90. The molecule has 1 aliphatic heterocycles. The van der Waals surface area contributed by atoms with E-state index in [0.717, 1.165) is 33.6 Å². The second-order valence-electron chi connectivity index (χ2n) is 11.9. The quantitative estimate of drug-likeness (QED) is 0.238. The number of aliphatic carboxylic acids is 1. The van der Waals surface area contributed by atoms with Gasteiger partial charge in [-0.3, -0.25) is 9.20 Å². The van der Waals surface area contributed by atoms with Crippen LogP contribution in [0.4, 0.5) is 0 Å². The lowest BCUT2D eigenvalue weighted by Crippen LogP contribution is -2.38. The summed E-state index contributed by atoms with van der Waals surface area (Å²) in [5.41, 5.74) is 4.17. The number of hydrogen-bond donors (Lipinski definition) is 1. The molecule has 0 saturated heterocycles. The average Bonchev–Trinajstić information content (AvgIpc) is 3.66. The van der Waals surface area contributed by atoms with Gasteiger partial charge in [0.2, 0.25) is 21.8 Å². The van der Waals surface area contributed by atoms with Crippen molar-refractivity contribution in [3.05, 3.63) is 76.2 Å². The summed E-state index contributed by atoms with van der Waals surface area (Å²) in [6, 6.07) is 10.7. The smallest absolute Gasteiger partial charge is 0.304 e. The van der Waals surface area contributed by atoms with Gasteiger partial charge in [0.05, 0.1) is 19.6 Å². The van der Waals surface area contributed by atoms with Gasteiger partial charge < -0.3 is 19.3 Å². The van der Waals surface area contributed by atoms with Crippen molar-refractivity contribution in [2.24, 2.45) is 0 Å². The van der Waals surface area contributed by atoms with Crippen molar-refractivity contribution in [2.75, 3.05) is 26.9 Å². The van der Waals surface area contributed by atoms with Crippen molar-refractivity contribution >= 4 is 21.6 Å². The summed E-state index contributed by atoms with van der Waals surface area (Å²) in [5, 5.41) is 18.4. The van der Waals surface area contributed by atoms with E-state index >= 15 is 0 Å². The first-order valence-electron chi connectivity index (χ1n) is 15.0. The fourth-order valence-corrected chi connectivity index (χ4v) is 7.44. The highest BCUT2D eigenvalue weighted by Gasteiger charge is 2.52. The molecular formula is C32H37N5O7S. The number of aryl methyl sites for hydroxylation is 3. The number of ether oxygens (including phenoxy) is 3. The van der Waals surface area contributed by atoms with Gasteiger partial charge in [0.1, 0.15) is 16.3 Å². The van der Waals surface area contributed by atoms with E-state index in [0.29, 0.717) is 44.0 Å². The lowest BCUT2D eigenvalue weighted by Gasteiger charge is -2.25. The molecule has 0 unspecified atom stereocenters. The minimum atomic E-state index is -3.99. The molecule has 0 bridgehead atoms. The van der Waals surface area contributed by atoms with Crippen molar-refractivity contribution in [2.45, 2.75) is 69.4 Å². The first-order chi connectivity index (χ1) is 21.5. The maximum absolute atomic E-state index is 14.1. The number of nitrogens with zero attached hydrogens (tertiary/aromatic N) is 5. The molecule has 1 N–H and O–H groups in total. The second-order valence-corrected chi connectivity index (χ2v) is 13.8. The SMILES string of the molecule is COCCCOc1ccc2c(n1)OC1(CC1)CN(Cc1cc([C@H](CC(=O)O)c3ccn4c(C)nnc4c3C)ccc1C)S2(=O)=O. The van der Waals surface area contributed by atoms with Crippen molar-refractivity contribution in [1.82, 2.24) is 23.9 Å². The van der Waals surface area contributed by atoms with E-state index in [4.69, 9.17) is 14.2 Å². The van der Waals surface area contributed by atoms with Crippen LogP contribution >= 0.6 is 0 Å². The number of rotatable bonds is 11. The van der Waals surface area contributed by atoms with E-state index in [1.54, 1.807) is 13.2 Å². The zero-order chi connectivity index (χ0) is 31.9. The van der Waals surface area contributed by atoms with Gasteiger partial charge in [-0.1, -0.05) is 18.2 Å². The van der Waals surface area contributed by atoms with E-state index in [9.17, 15) is 18.3 Å². The van der Waals surface area contributed by atoms with E-state index in [1.165, 1.54) is 10.4 Å². The summed E-state index contributed by atoms with van der Waals surface area (Å²) in [6.07, 6.45) is 3.81. The molecule has 4 aromatic rings. The lowest BCUT2D eigenvalue weighted by atomic mass is 9.85. The molecule has 0 radical (unpaired) electrons. The third-order valence-corrected chi connectivity index (χ3v) is 10.5. The highest BCUT2D eigenvalue weighted by Crippen LogP contribution is 2.46. The molecule has 3 aromatic heterocycles. The van der Waals surface area contributed by atoms with Crippen LogP contribution in [0.3, 0.4) is 0 Å². The fraction of sp³-hybridized carbons (Fsp3) is 0.438. The molecule has 1 spiro atoms. The van der Waals surface area contributed by atoms with Crippen LogP contribution in [0.2, 0.25) is 0 Å². The molecule has 2 aliphatic rings. The Labute approximate surface area is 262 Å². The molecule has 1 atom stereocenters. The van der Waals surface area contributed by atoms with Crippen molar-refractivity contribution in [3.63, 3.8) is 0 Å². The van der Waals surface area contributed by atoms with Crippen LogP contribution in [0.15, 0.2) is 47.5 Å². The maximum Gasteiger partial charge on any atom is 0.304 e. The van der Waals surface area contributed by atoms with E-state index < -0.39 is 27.5 Å². The van der Waals surface area contributed by atoms with Crippen molar-refractivity contribution < 1.29 is 32.5 Å². The summed E-state index contributed by atoms with van der Waals surface area (Å²) in [7, 11) is -2.37.